The summed E-state index contributed by atoms with van der Waals surface area (Å²) in [6.45, 7) is 6.37. The van der Waals surface area contributed by atoms with Gasteiger partial charge in [0.05, 0.1) is 18.5 Å². The Bertz CT molecular complexity index is 631. The Morgan fingerprint density at radius 2 is 2.24 bits per heavy atom. The number of aromatic nitrogens is 2. The zero-order chi connectivity index (χ0) is 14.8. The number of fused-ring (bicyclic) bond motifs is 1. The normalized spacial score (nSPS) is 14.3. The molecule has 4 nitrogen and oxygen atoms in total. The number of imidazole rings is 1. The maximum atomic E-state index is 5.37. The van der Waals surface area contributed by atoms with Gasteiger partial charge in [-0.3, -0.25) is 0 Å². The van der Waals surface area contributed by atoms with E-state index in [-0.39, 0.29) is 0 Å². The Kier molecular flexibility index (Phi) is 3.97. The molecule has 0 bridgehead atoms. The standard InChI is InChI=1S/C17H23N3O/c1-12(2)9-17-19-15-11-18-8-7-16(15)20(17)13-5-4-6-14(10-13)21-3/h4-6,10,12,18H,7-9,11H2,1-3H3. The smallest absolute Gasteiger partial charge is 0.120 e. The van der Waals surface area contributed by atoms with Gasteiger partial charge in [0.1, 0.15) is 11.6 Å². The molecule has 2 heterocycles. The molecular formula is C17H23N3O. The summed E-state index contributed by atoms with van der Waals surface area (Å²) < 4.78 is 7.70. The lowest BCUT2D eigenvalue weighted by Gasteiger charge is -2.17. The molecule has 0 amide bonds. The third-order valence-corrected chi connectivity index (χ3v) is 3.86. The molecule has 112 valence electrons. The third kappa shape index (κ3) is 2.81. The monoisotopic (exact) mass is 285 g/mol. The van der Waals surface area contributed by atoms with Crippen molar-refractivity contribution in [2.45, 2.75) is 33.2 Å². The van der Waals surface area contributed by atoms with Gasteiger partial charge in [-0.15, -0.1) is 0 Å². The Morgan fingerprint density at radius 1 is 1.38 bits per heavy atom. The maximum absolute atomic E-state index is 5.37. The van der Waals surface area contributed by atoms with E-state index < -0.39 is 0 Å². The van der Waals surface area contributed by atoms with Crippen molar-refractivity contribution in [3.05, 3.63) is 41.5 Å². The third-order valence-electron chi connectivity index (χ3n) is 3.86. The second-order valence-electron chi connectivity index (χ2n) is 5.98. The van der Waals surface area contributed by atoms with Crippen LogP contribution in [0.2, 0.25) is 0 Å². The van der Waals surface area contributed by atoms with Crippen molar-refractivity contribution in [3.8, 4) is 11.4 Å². The zero-order valence-electron chi connectivity index (χ0n) is 13.0. The van der Waals surface area contributed by atoms with Crippen LogP contribution in [0.15, 0.2) is 24.3 Å². The Balaban J connectivity index is 2.11. The Morgan fingerprint density at radius 3 is 3.00 bits per heavy atom. The van der Waals surface area contributed by atoms with E-state index in [2.05, 4.69) is 35.9 Å². The molecule has 1 aliphatic rings. The second kappa shape index (κ2) is 5.90. The molecular weight excluding hydrogens is 262 g/mol. The van der Waals surface area contributed by atoms with Crippen molar-refractivity contribution < 1.29 is 4.74 Å². The van der Waals surface area contributed by atoms with Gasteiger partial charge in [0, 0.05) is 37.7 Å². The van der Waals surface area contributed by atoms with E-state index in [1.807, 2.05) is 12.1 Å². The fraction of sp³-hybridized carbons (Fsp3) is 0.471. The molecule has 0 atom stereocenters. The molecule has 1 aromatic carbocycles. The van der Waals surface area contributed by atoms with Crippen molar-refractivity contribution in [2.24, 2.45) is 5.92 Å². The molecule has 0 spiro atoms. The summed E-state index contributed by atoms with van der Waals surface area (Å²) in [5.41, 5.74) is 3.69. The van der Waals surface area contributed by atoms with Gasteiger partial charge < -0.3 is 14.6 Å². The number of benzene rings is 1. The molecule has 0 unspecified atom stereocenters. The average molecular weight is 285 g/mol. The molecule has 3 rings (SSSR count). The van der Waals surface area contributed by atoms with Gasteiger partial charge in [-0.2, -0.15) is 0 Å². The van der Waals surface area contributed by atoms with Crippen LogP contribution in [-0.2, 0) is 19.4 Å². The molecule has 0 radical (unpaired) electrons. The highest BCUT2D eigenvalue weighted by molar-refractivity contribution is 5.43. The summed E-state index contributed by atoms with van der Waals surface area (Å²) >= 11 is 0. The van der Waals surface area contributed by atoms with Crippen LogP contribution in [0.25, 0.3) is 5.69 Å². The van der Waals surface area contributed by atoms with E-state index >= 15 is 0 Å². The van der Waals surface area contributed by atoms with Gasteiger partial charge in [0.2, 0.25) is 0 Å². The molecule has 0 saturated heterocycles. The maximum Gasteiger partial charge on any atom is 0.120 e. The molecule has 2 aromatic rings. The number of rotatable bonds is 4. The summed E-state index contributed by atoms with van der Waals surface area (Å²) in [6.07, 6.45) is 2.02. The van der Waals surface area contributed by atoms with Gasteiger partial charge in [0.25, 0.3) is 0 Å². The number of ether oxygens (including phenoxy) is 1. The Hall–Kier alpha value is -1.81. The van der Waals surface area contributed by atoms with Crippen LogP contribution < -0.4 is 10.1 Å². The first-order valence-corrected chi connectivity index (χ1v) is 7.63. The Labute approximate surface area is 126 Å². The first-order chi connectivity index (χ1) is 10.2. The van der Waals surface area contributed by atoms with Crippen molar-refractivity contribution in [3.63, 3.8) is 0 Å². The lowest BCUT2D eigenvalue weighted by molar-refractivity contribution is 0.414. The van der Waals surface area contributed by atoms with Gasteiger partial charge in [0.15, 0.2) is 0 Å². The number of nitrogens with one attached hydrogen (secondary N) is 1. The average Bonchev–Trinajstić information content (AvgIpc) is 2.84. The van der Waals surface area contributed by atoms with Gasteiger partial charge in [-0.05, 0) is 18.1 Å². The molecule has 1 aliphatic heterocycles. The lowest BCUT2D eigenvalue weighted by Crippen LogP contribution is -2.24. The van der Waals surface area contributed by atoms with Crippen LogP contribution in [0.3, 0.4) is 0 Å². The highest BCUT2D eigenvalue weighted by Gasteiger charge is 2.21. The first-order valence-electron chi connectivity index (χ1n) is 7.63. The number of hydrogen-bond donors (Lipinski definition) is 1. The molecule has 4 heteroatoms. The predicted molar refractivity (Wildman–Crippen MR) is 84.1 cm³/mol. The second-order valence-corrected chi connectivity index (χ2v) is 5.98. The first kappa shape index (κ1) is 14.1. The van der Waals surface area contributed by atoms with E-state index in [9.17, 15) is 0 Å². The van der Waals surface area contributed by atoms with Gasteiger partial charge in [-0.1, -0.05) is 19.9 Å². The molecule has 1 N–H and O–H groups in total. The van der Waals surface area contributed by atoms with Crippen LogP contribution in [-0.4, -0.2) is 23.2 Å². The summed E-state index contributed by atoms with van der Waals surface area (Å²) in [6, 6.07) is 8.25. The van der Waals surface area contributed by atoms with E-state index in [0.717, 1.165) is 43.2 Å². The fourth-order valence-corrected chi connectivity index (χ4v) is 2.92. The van der Waals surface area contributed by atoms with Crippen molar-refractivity contribution in [2.75, 3.05) is 13.7 Å². The summed E-state index contributed by atoms with van der Waals surface area (Å²) in [5.74, 6) is 2.64. The molecule has 1 aromatic heterocycles. The quantitative estimate of drug-likeness (QED) is 0.939. The fourth-order valence-electron chi connectivity index (χ4n) is 2.92. The molecule has 0 saturated carbocycles. The van der Waals surface area contributed by atoms with Gasteiger partial charge >= 0.3 is 0 Å². The predicted octanol–water partition coefficient (Wildman–Crippen LogP) is 2.73. The van der Waals surface area contributed by atoms with E-state index in [0.29, 0.717) is 5.92 Å². The van der Waals surface area contributed by atoms with Crippen LogP contribution in [0.4, 0.5) is 0 Å². The van der Waals surface area contributed by atoms with Crippen molar-refractivity contribution >= 4 is 0 Å². The largest absolute Gasteiger partial charge is 0.497 e. The minimum absolute atomic E-state index is 0.589. The van der Waals surface area contributed by atoms with Crippen LogP contribution in [0.5, 0.6) is 5.75 Å². The highest BCUT2D eigenvalue weighted by atomic mass is 16.5. The SMILES string of the molecule is COc1cccc(-n2c(CC(C)C)nc3c2CCNC3)c1. The van der Waals surface area contributed by atoms with Crippen molar-refractivity contribution in [1.82, 2.24) is 14.9 Å². The summed E-state index contributed by atoms with van der Waals surface area (Å²) in [4.78, 5) is 4.88. The zero-order valence-corrected chi connectivity index (χ0v) is 13.0. The minimum atomic E-state index is 0.589. The van der Waals surface area contributed by atoms with Crippen LogP contribution in [0, 0.1) is 5.92 Å². The summed E-state index contributed by atoms with van der Waals surface area (Å²) in [5, 5.41) is 3.41. The lowest BCUT2D eigenvalue weighted by atomic mass is 10.1. The topological polar surface area (TPSA) is 39.1 Å². The molecule has 0 fully saturated rings. The minimum Gasteiger partial charge on any atom is -0.497 e. The number of hydrogen-bond acceptors (Lipinski definition) is 3. The van der Waals surface area contributed by atoms with E-state index in [4.69, 9.17) is 9.72 Å². The number of methoxy groups -OCH3 is 1. The van der Waals surface area contributed by atoms with Crippen LogP contribution >= 0.6 is 0 Å². The molecule has 21 heavy (non-hydrogen) atoms. The highest BCUT2D eigenvalue weighted by Crippen LogP contribution is 2.25. The van der Waals surface area contributed by atoms with Crippen molar-refractivity contribution in [1.29, 1.82) is 0 Å². The summed E-state index contributed by atoms with van der Waals surface area (Å²) in [7, 11) is 1.71. The van der Waals surface area contributed by atoms with Gasteiger partial charge in [-0.25, -0.2) is 4.98 Å². The molecule has 0 aliphatic carbocycles. The van der Waals surface area contributed by atoms with E-state index in [1.54, 1.807) is 7.11 Å². The van der Waals surface area contributed by atoms with Crippen LogP contribution in [0.1, 0.15) is 31.1 Å². The van der Waals surface area contributed by atoms with E-state index in [1.165, 1.54) is 11.4 Å². The number of nitrogens with zero attached hydrogens (tertiary/aromatic N) is 2.